The quantitative estimate of drug-likeness (QED) is 0.458. The normalized spacial score (nSPS) is 32.5. The van der Waals surface area contributed by atoms with E-state index in [1.807, 2.05) is 6.07 Å². The summed E-state index contributed by atoms with van der Waals surface area (Å²) in [5.41, 5.74) is 4.73. The zero-order valence-electron chi connectivity index (χ0n) is 21.1. The van der Waals surface area contributed by atoms with Crippen molar-refractivity contribution in [3.05, 3.63) is 77.4 Å². The molecule has 190 valence electrons. The zero-order valence-corrected chi connectivity index (χ0v) is 21.9. The lowest BCUT2D eigenvalue weighted by Gasteiger charge is -2.42. The molecule has 0 heterocycles. The van der Waals surface area contributed by atoms with E-state index in [9.17, 15) is 18.6 Å². The van der Waals surface area contributed by atoms with Gasteiger partial charge in [-0.25, -0.2) is 8.42 Å². The van der Waals surface area contributed by atoms with Gasteiger partial charge in [-0.3, -0.25) is 0 Å². The number of allylic oxidation sites excluding steroid dienone is 5. The molecule has 0 aromatic heterocycles. The molecule has 0 saturated heterocycles. The second-order valence-electron chi connectivity index (χ2n) is 11.0. The summed E-state index contributed by atoms with van der Waals surface area (Å²) in [6, 6.07) is 8.75. The number of hydrogen-bond donors (Lipinski definition) is 2. The molecule has 0 spiro atoms. The molecule has 35 heavy (non-hydrogen) atoms. The molecule has 3 aliphatic carbocycles. The van der Waals surface area contributed by atoms with Crippen molar-refractivity contribution in [1.29, 1.82) is 0 Å². The lowest BCUT2D eigenvalue weighted by Crippen LogP contribution is -2.32. The molecule has 0 radical (unpaired) electrons. The first-order valence-corrected chi connectivity index (χ1v) is 14.7. The van der Waals surface area contributed by atoms with Gasteiger partial charge in [0.1, 0.15) is 0 Å². The molecule has 2 N–H and O–H groups in total. The average molecular weight is 497 g/mol. The Morgan fingerprint density at radius 2 is 1.94 bits per heavy atom. The minimum Gasteiger partial charge on any atom is -0.393 e. The van der Waals surface area contributed by atoms with Gasteiger partial charge in [0.15, 0.2) is 9.84 Å². The van der Waals surface area contributed by atoms with E-state index in [1.54, 1.807) is 24.3 Å². The third-order valence-corrected chi connectivity index (χ3v) is 10.4. The molecule has 0 bridgehead atoms. The van der Waals surface area contributed by atoms with E-state index in [-0.39, 0.29) is 11.2 Å². The van der Waals surface area contributed by atoms with Crippen molar-refractivity contribution in [2.75, 3.05) is 5.75 Å². The van der Waals surface area contributed by atoms with Crippen LogP contribution in [0.5, 0.6) is 0 Å². The Hall–Kier alpha value is -1.95. The summed E-state index contributed by atoms with van der Waals surface area (Å²) in [5.74, 6) is 1.01. The molecule has 3 unspecified atom stereocenters. The number of rotatable bonds is 7. The van der Waals surface area contributed by atoms with Gasteiger partial charge in [-0.05, 0) is 85.5 Å². The fourth-order valence-corrected chi connectivity index (χ4v) is 7.92. The molecular weight excluding hydrogens is 456 g/mol. The van der Waals surface area contributed by atoms with Gasteiger partial charge in [0.05, 0.1) is 22.9 Å². The number of hydrogen-bond acceptors (Lipinski definition) is 4. The van der Waals surface area contributed by atoms with Crippen LogP contribution < -0.4 is 0 Å². The molecule has 4 rings (SSSR count). The van der Waals surface area contributed by atoms with Gasteiger partial charge in [-0.2, -0.15) is 0 Å². The van der Waals surface area contributed by atoms with Crippen molar-refractivity contribution in [3.8, 4) is 0 Å². The van der Waals surface area contributed by atoms with Gasteiger partial charge >= 0.3 is 0 Å². The third-order valence-electron chi connectivity index (χ3n) is 8.56. The van der Waals surface area contributed by atoms with Crippen molar-refractivity contribution in [2.45, 2.75) is 82.3 Å². The number of fused-ring (bicyclic) bond motifs is 1. The second kappa shape index (κ2) is 10.6. The summed E-state index contributed by atoms with van der Waals surface area (Å²) in [6.07, 6.45) is 12.4. The zero-order chi connectivity index (χ0) is 25.2. The summed E-state index contributed by atoms with van der Waals surface area (Å²) in [5, 5.41) is 20.2. The molecule has 0 aliphatic heterocycles. The average Bonchev–Trinajstić information content (AvgIpc) is 3.18. The molecule has 2 saturated carbocycles. The van der Waals surface area contributed by atoms with Gasteiger partial charge in [-0.1, -0.05) is 68.0 Å². The predicted octanol–water partition coefficient (Wildman–Crippen LogP) is 5.94. The first-order chi connectivity index (χ1) is 16.6. The highest BCUT2D eigenvalue weighted by Crippen LogP contribution is 2.57. The molecule has 0 amide bonds. The maximum Gasteiger partial charge on any atom is 0.178 e. The largest absolute Gasteiger partial charge is 0.393 e. The van der Waals surface area contributed by atoms with Crippen LogP contribution in [0.3, 0.4) is 0 Å². The van der Waals surface area contributed by atoms with Crippen LogP contribution in [0, 0.1) is 17.3 Å². The number of aliphatic hydroxyl groups excluding tert-OH is 2. The molecule has 5 heteroatoms. The van der Waals surface area contributed by atoms with E-state index in [2.05, 4.69) is 38.7 Å². The van der Waals surface area contributed by atoms with Crippen LogP contribution in [-0.2, 0) is 9.84 Å². The van der Waals surface area contributed by atoms with Crippen molar-refractivity contribution in [3.63, 3.8) is 0 Å². The van der Waals surface area contributed by atoms with E-state index in [0.29, 0.717) is 36.0 Å². The maximum atomic E-state index is 12.7. The highest BCUT2D eigenvalue weighted by molar-refractivity contribution is 7.91. The summed E-state index contributed by atoms with van der Waals surface area (Å²) in [6.45, 7) is 8.69. The van der Waals surface area contributed by atoms with E-state index < -0.39 is 22.0 Å². The van der Waals surface area contributed by atoms with E-state index in [4.69, 9.17) is 0 Å². The lowest BCUT2D eigenvalue weighted by molar-refractivity contribution is 0.0862. The van der Waals surface area contributed by atoms with Crippen LogP contribution in [0.15, 0.2) is 82.3 Å². The fraction of sp³-hybridized carbons (Fsp3) is 0.533. The number of benzene rings is 1. The predicted molar refractivity (Wildman–Crippen MR) is 142 cm³/mol. The van der Waals surface area contributed by atoms with Crippen LogP contribution in [0.4, 0.5) is 0 Å². The molecule has 4 nitrogen and oxygen atoms in total. The van der Waals surface area contributed by atoms with Gasteiger partial charge in [-0.15, -0.1) is 0 Å². The molecule has 5 atom stereocenters. The summed E-state index contributed by atoms with van der Waals surface area (Å²) in [4.78, 5) is 0.414. The van der Waals surface area contributed by atoms with Crippen molar-refractivity contribution in [2.24, 2.45) is 17.3 Å². The smallest absolute Gasteiger partial charge is 0.178 e. The SMILES string of the molecule is C=C1/C(=C\C=C2/CCC[C@]3(C)C([C@H](C)CCCS(=O)(=O)c4ccccc4)=CCC23)CC(O)CC1O. The summed E-state index contributed by atoms with van der Waals surface area (Å²) in [7, 11) is -3.24. The third kappa shape index (κ3) is 5.58. The summed E-state index contributed by atoms with van der Waals surface area (Å²) >= 11 is 0. The molecule has 2 fully saturated rings. The van der Waals surface area contributed by atoms with Crippen LogP contribution >= 0.6 is 0 Å². The lowest BCUT2D eigenvalue weighted by atomic mass is 9.62. The Balaban J connectivity index is 1.41. The Labute approximate surface area is 211 Å². The minimum absolute atomic E-state index is 0.114. The highest BCUT2D eigenvalue weighted by atomic mass is 32.2. The van der Waals surface area contributed by atoms with Crippen LogP contribution in [-0.4, -0.2) is 36.6 Å². The van der Waals surface area contributed by atoms with Crippen LogP contribution in [0.25, 0.3) is 0 Å². The van der Waals surface area contributed by atoms with Crippen LogP contribution in [0.1, 0.15) is 65.2 Å². The van der Waals surface area contributed by atoms with Crippen LogP contribution in [0.2, 0.25) is 0 Å². The van der Waals surface area contributed by atoms with Crippen molar-refractivity contribution >= 4 is 9.84 Å². The van der Waals surface area contributed by atoms with Crippen molar-refractivity contribution in [1.82, 2.24) is 0 Å². The molecule has 1 aromatic rings. The maximum absolute atomic E-state index is 12.7. The molecular formula is C30H40O4S. The van der Waals surface area contributed by atoms with E-state index in [0.717, 1.165) is 43.3 Å². The first kappa shape index (κ1) is 26.1. The Morgan fingerprint density at radius 1 is 1.20 bits per heavy atom. The number of sulfone groups is 1. The second-order valence-corrected chi connectivity index (χ2v) is 13.1. The van der Waals surface area contributed by atoms with E-state index >= 15 is 0 Å². The molecule has 1 aromatic carbocycles. The van der Waals surface area contributed by atoms with Gasteiger partial charge in [0, 0.05) is 6.42 Å². The topological polar surface area (TPSA) is 74.6 Å². The minimum atomic E-state index is -3.24. The van der Waals surface area contributed by atoms with Gasteiger partial charge in [0.25, 0.3) is 0 Å². The van der Waals surface area contributed by atoms with Gasteiger partial charge < -0.3 is 10.2 Å². The Kier molecular flexibility index (Phi) is 7.89. The number of aliphatic hydroxyl groups is 2. The van der Waals surface area contributed by atoms with Crippen molar-refractivity contribution < 1.29 is 18.6 Å². The van der Waals surface area contributed by atoms with E-state index in [1.165, 1.54) is 11.1 Å². The Morgan fingerprint density at radius 3 is 2.69 bits per heavy atom. The summed E-state index contributed by atoms with van der Waals surface area (Å²) < 4.78 is 25.3. The Bertz CT molecular complexity index is 1130. The van der Waals surface area contributed by atoms with Gasteiger partial charge in [0.2, 0.25) is 0 Å². The first-order valence-electron chi connectivity index (χ1n) is 13.0. The fourth-order valence-electron chi connectivity index (χ4n) is 6.56. The standard InChI is InChI=1S/C30H40O4S/c1-21(9-8-18-35(33,34)26-11-5-4-6-12-26)27-15-16-28-23(10-7-17-30(27,28)3)13-14-24-19-25(31)20-29(32)22(24)2/h4-6,11-15,21,25,28-29,31-32H,2,7-10,16-20H2,1,3H3/b23-13+,24-14-/t21-,25?,28?,29?,30-/m1/s1. The monoisotopic (exact) mass is 496 g/mol. The molecule has 3 aliphatic rings. The highest BCUT2D eigenvalue weighted by Gasteiger charge is 2.45.